The number of hydrogen-bond donors (Lipinski definition) is 2. The van der Waals surface area contributed by atoms with Gasteiger partial charge in [0.15, 0.2) is 0 Å². The molecule has 1 atom stereocenters. The molecule has 136 valence electrons. The van der Waals surface area contributed by atoms with Crippen molar-refractivity contribution < 1.29 is 4.84 Å². The summed E-state index contributed by atoms with van der Waals surface area (Å²) < 4.78 is 0. The second-order valence-corrected chi connectivity index (χ2v) is 7.98. The Morgan fingerprint density at radius 3 is 2.65 bits per heavy atom. The van der Waals surface area contributed by atoms with E-state index in [1.807, 2.05) is 12.4 Å². The largest absolute Gasteiger partial charge is 0.257 e. The van der Waals surface area contributed by atoms with Crippen LogP contribution in [0.4, 0.5) is 5.95 Å². The zero-order chi connectivity index (χ0) is 17.6. The Hall–Kier alpha value is -2.02. The number of hydrogen-bond acceptors (Lipinski definition) is 6. The number of rotatable bonds is 3. The molecule has 26 heavy (non-hydrogen) atoms. The number of fused-ring (bicyclic) bond motifs is 2. The molecule has 6 rings (SSSR count). The quantitative estimate of drug-likeness (QED) is 0.883. The van der Waals surface area contributed by atoms with Gasteiger partial charge in [-0.15, -0.1) is 0 Å². The monoisotopic (exact) mass is 351 g/mol. The molecule has 4 aliphatic rings. The molecule has 4 fully saturated rings. The van der Waals surface area contributed by atoms with E-state index in [1.54, 1.807) is 5.28 Å². The predicted octanol–water partition coefficient (Wildman–Crippen LogP) is 3.48. The summed E-state index contributed by atoms with van der Waals surface area (Å²) in [6.45, 7) is 2.95. The summed E-state index contributed by atoms with van der Waals surface area (Å²) in [7, 11) is 0. The molecule has 6 heteroatoms. The van der Waals surface area contributed by atoms with E-state index < -0.39 is 0 Å². The van der Waals surface area contributed by atoms with Gasteiger partial charge in [-0.25, -0.2) is 20.8 Å². The maximum absolute atomic E-state index is 6.29. The minimum atomic E-state index is -0.0460. The summed E-state index contributed by atoms with van der Waals surface area (Å²) in [4.78, 5) is 15.2. The van der Waals surface area contributed by atoms with Gasteiger partial charge in [-0.05, 0) is 61.7 Å². The summed E-state index contributed by atoms with van der Waals surface area (Å²) in [5.41, 5.74) is 9.79. The van der Waals surface area contributed by atoms with Gasteiger partial charge in [0.05, 0.1) is 0 Å². The number of aryl methyl sites for hydroxylation is 1. The Bertz CT molecular complexity index is 787. The molecule has 1 spiro atoms. The Balaban J connectivity index is 1.26. The first-order valence-electron chi connectivity index (χ1n) is 9.59. The lowest BCUT2D eigenvalue weighted by Gasteiger charge is -2.47. The average molecular weight is 351 g/mol. The second kappa shape index (κ2) is 6.30. The van der Waals surface area contributed by atoms with E-state index in [9.17, 15) is 0 Å². The molecule has 1 aliphatic heterocycles. The summed E-state index contributed by atoms with van der Waals surface area (Å²) in [6, 6.07) is 8.35. The van der Waals surface area contributed by atoms with Crippen molar-refractivity contribution in [3.8, 4) is 11.1 Å². The van der Waals surface area contributed by atoms with E-state index >= 15 is 0 Å². The van der Waals surface area contributed by atoms with Gasteiger partial charge in [0, 0.05) is 24.5 Å². The van der Waals surface area contributed by atoms with Crippen LogP contribution in [0.25, 0.3) is 11.1 Å². The fourth-order valence-electron chi connectivity index (χ4n) is 4.84. The number of nitrogens with zero attached hydrogens (tertiary/aromatic N) is 3. The lowest BCUT2D eigenvalue weighted by molar-refractivity contribution is -0.235. The number of anilines is 1. The smallest absolute Gasteiger partial charge is 0.240 e. The zero-order valence-electron chi connectivity index (χ0n) is 15.1. The predicted molar refractivity (Wildman–Crippen MR) is 99.6 cm³/mol. The summed E-state index contributed by atoms with van der Waals surface area (Å²) in [5, 5.41) is 1.61. The van der Waals surface area contributed by atoms with Gasteiger partial charge >= 0.3 is 0 Å². The Morgan fingerprint density at radius 2 is 1.96 bits per heavy atom. The molecule has 1 aromatic carbocycles. The highest BCUT2D eigenvalue weighted by molar-refractivity contribution is 5.62. The molecule has 0 radical (unpaired) electrons. The molecule has 2 N–H and O–H groups in total. The minimum Gasteiger partial charge on any atom is -0.257 e. The van der Waals surface area contributed by atoms with E-state index in [1.165, 1.54) is 31.2 Å². The van der Waals surface area contributed by atoms with Crippen LogP contribution in [0.5, 0.6) is 0 Å². The first-order chi connectivity index (χ1) is 12.7. The van der Waals surface area contributed by atoms with Crippen molar-refractivity contribution >= 4 is 5.95 Å². The van der Waals surface area contributed by atoms with Crippen molar-refractivity contribution in [1.29, 1.82) is 0 Å². The first-order valence-corrected chi connectivity index (χ1v) is 9.59. The number of aromatic nitrogens is 2. The van der Waals surface area contributed by atoms with Crippen LogP contribution in [0, 0.1) is 18.8 Å². The van der Waals surface area contributed by atoms with Gasteiger partial charge in [-0.1, -0.05) is 29.8 Å². The highest BCUT2D eigenvalue weighted by atomic mass is 16.8. The molecule has 0 unspecified atom stereocenters. The van der Waals surface area contributed by atoms with Crippen molar-refractivity contribution in [3.63, 3.8) is 0 Å². The summed E-state index contributed by atoms with van der Waals surface area (Å²) in [6.07, 6.45) is 10.2. The highest BCUT2D eigenvalue weighted by Gasteiger charge is 2.52. The van der Waals surface area contributed by atoms with Gasteiger partial charge in [-0.2, -0.15) is 0 Å². The van der Waals surface area contributed by atoms with Crippen LogP contribution in [0.15, 0.2) is 36.7 Å². The fourth-order valence-corrected chi connectivity index (χ4v) is 4.84. The molecule has 1 saturated heterocycles. The fraction of sp³-hybridized carbons (Fsp3) is 0.500. The van der Waals surface area contributed by atoms with Gasteiger partial charge in [0.25, 0.3) is 0 Å². The average Bonchev–Trinajstić information content (AvgIpc) is 3.05. The van der Waals surface area contributed by atoms with Crippen molar-refractivity contribution in [2.45, 2.75) is 44.6 Å². The minimum absolute atomic E-state index is 0.0460. The molecule has 3 saturated carbocycles. The third kappa shape index (κ3) is 2.88. The molecule has 1 aromatic heterocycles. The summed E-state index contributed by atoms with van der Waals surface area (Å²) >= 11 is 0. The number of hydrazine groups is 2. The summed E-state index contributed by atoms with van der Waals surface area (Å²) in [5.74, 6) is 2.02. The lowest BCUT2D eigenvalue weighted by atomic mass is 9.62. The van der Waals surface area contributed by atoms with Gasteiger partial charge in [0.2, 0.25) is 5.95 Å². The standard InChI is InChI=1S/C20H25N5O/c1-14-3-2-4-16(9-14)17-11-21-19(22-12-17)24-25-23-13-20(26-25)10-15-5-7-18(20)8-6-15/h2-4,9,11-12,15,18,23H,5-8,10,13H2,1H3,(H,21,22,24)/t15?,18?,20-/m0/s1. The molecular weight excluding hydrogens is 326 g/mol. The third-order valence-electron chi connectivity index (χ3n) is 6.22. The van der Waals surface area contributed by atoms with Crippen LogP contribution < -0.4 is 10.9 Å². The lowest BCUT2D eigenvalue weighted by Crippen LogP contribution is -2.50. The van der Waals surface area contributed by atoms with Crippen LogP contribution in [0.1, 0.15) is 37.7 Å². The third-order valence-corrected chi connectivity index (χ3v) is 6.22. The normalized spacial score (nSPS) is 30.8. The maximum atomic E-state index is 6.29. The maximum Gasteiger partial charge on any atom is 0.240 e. The second-order valence-electron chi connectivity index (χ2n) is 7.98. The van der Waals surface area contributed by atoms with Crippen LogP contribution in [0.2, 0.25) is 0 Å². The highest BCUT2D eigenvalue weighted by Crippen LogP contribution is 2.50. The Kier molecular flexibility index (Phi) is 3.92. The topological polar surface area (TPSA) is 62.3 Å². The number of benzene rings is 1. The molecular formula is C20H25N5O. The zero-order valence-corrected chi connectivity index (χ0v) is 15.1. The van der Waals surface area contributed by atoms with Crippen molar-refractivity contribution in [3.05, 3.63) is 42.2 Å². The Labute approximate surface area is 153 Å². The van der Waals surface area contributed by atoms with Crippen LogP contribution in [-0.2, 0) is 4.84 Å². The SMILES string of the molecule is Cc1cccc(-c2cnc(NN3NC[C@]4(CC5CCC4CC5)O3)nc2)c1. The molecule has 3 aliphatic carbocycles. The van der Waals surface area contributed by atoms with Crippen molar-refractivity contribution in [2.24, 2.45) is 11.8 Å². The molecule has 2 aromatic rings. The van der Waals surface area contributed by atoms with E-state index in [2.05, 4.69) is 52.0 Å². The van der Waals surface area contributed by atoms with Gasteiger partial charge in [-0.3, -0.25) is 4.84 Å². The Morgan fingerprint density at radius 1 is 1.15 bits per heavy atom. The van der Waals surface area contributed by atoms with E-state index in [4.69, 9.17) is 4.84 Å². The van der Waals surface area contributed by atoms with Crippen LogP contribution in [-0.4, -0.2) is 27.4 Å². The van der Waals surface area contributed by atoms with Crippen molar-refractivity contribution in [1.82, 2.24) is 20.7 Å². The van der Waals surface area contributed by atoms with Gasteiger partial charge in [0.1, 0.15) is 5.60 Å². The van der Waals surface area contributed by atoms with Crippen molar-refractivity contribution in [2.75, 3.05) is 12.0 Å². The molecule has 6 nitrogen and oxygen atoms in total. The first kappa shape index (κ1) is 16.2. The number of nitrogens with one attached hydrogen (secondary N) is 2. The van der Waals surface area contributed by atoms with E-state index in [-0.39, 0.29) is 5.60 Å². The van der Waals surface area contributed by atoms with Gasteiger partial charge < -0.3 is 0 Å². The van der Waals surface area contributed by atoms with E-state index in [0.717, 1.165) is 30.0 Å². The molecule has 2 bridgehead atoms. The van der Waals surface area contributed by atoms with Crippen LogP contribution >= 0.6 is 0 Å². The van der Waals surface area contributed by atoms with Crippen LogP contribution in [0.3, 0.4) is 0 Å². The molecule has 2 heterocycles. The molecule has 0 amide bonds. The van der Waals surface area contributed by atoms with E-state index in [0.29, 0.717) is 11.9 Å².